The molecular formula is C13H11Cl2NO. The first-order chi connectivity index (χ1) is 7.99. The van der Waals surface area contributed by atoms with Gasteiger partial charge in [0, 0.05) is 17.5 Å². The Hall–Kier alpha value is -1.12. The maximum Gasteiger partial charge on any atom is 0.135 e. The van der Waals surface area contributed by atoms with Crippen molar-refractivity contribution in [3.05, 3.63) is 39.5 Å². The molecule has 0 spiro atoms. The molecule has 0 aliphatic heterocycles. The first-order valence-corrected chi connectivity index (χ1v) is 5.98. The summed E-state index contributed by atoms with van der Waals surface area (Å²) in [6.07, 6.45) is 0.319. The van der Waals surface area contributed by atoms with Crippen LogP contribution < -0.4 is 0 Å². The second kappa shape index (κ2) is 4.63. The number of aryl methyl sites for hydroxylation is 1. The predicted octanol–water partition coefficient (Wildman–Crippen LogP) is 3.98. The third-order valence-electron chi connectivity index (χ3n) is 2.56. The third-order valence-corrected chi connectivity index (χ3v) is 3.36. The van der Waals surface area contributed by atoms with Crippen LogP contribution in [-0.4, -0.2) is 10.8 Å². The third kappa shape index (κ3) is 2.43. The smallest absolute Gasteiger partial charge is 0.135 e. The van der Waals surface area contributed by atoms with E-state index < -0.39 is 0 Å². The van der Waals surface area contributed by atoms with Gasteiger partial charge in [-0.25, -0.2) is 0 Å². The molecule has 4 heteroatoms. The monoisotopic (exact) mass is 267 g/mol. The van der Waals surface area contributed by atoms with Gasteiger partial charge in [0.2, 0.25) is 0 Å². The molecule has 2 rings (SSSR count). The van der Waals surface area contributed by atoms with E-state index in [2.05, 4.69) is 4.98 Å². The molecule has 1 aromatic carbocycles. The number of carbonyl (C=O) groups excluding carboxylic acids is 1. The van der Waals surface area contributed by atoms with E-state index in [0.29, 0.717) is 22.0 Å². The number of rotatable bonds is 2. The molecule has 0 aliphatic carbocycles. The molecule has 0 aliphatic rings. The van der Waals surface area contributed by atoms with Gasteiger partial charge in [0.25, 0.3) is 0 Å². The van der Waals surface area contributed by atoms with E-state index in [0.717, 1.165) is 16.6 Å². The Kier molecular flexibility index (Phi) is 3.36. The van der Waals surface area contributed by atoms with E-state index in [4.69, 9.17) is 23.2 Å². The van der Waals surface area contributed by atoms with Crippen molar-refractivity contribution in [2.45, 2.75) is 20.3 Å². The second-order valence-corrected chi connectivity index (χ2v) is 4.85. The molecule has 0 N–H and O–H groups in total. The number of hydrogen-bond donors (Lipinski definition) is 0. The highest BCUT2D eigenvalue weighted by Gasteiger charge is 2.10. The van der Waals surface area contributed by atoms with Crippen LogP contribution in [0.3, 0.4) is 0 Å². The maximum absolute atomic E-state index is 11.1. The highest BCUT2D eigenvalue weighted by atomic mass is 35.5. The largest absolute Gasteiger partial charge is 0.300 e. The van der Waals surface area contributed by atoms with E-state index in [1.54, 1.807) is 13.0 Å². The summed E-state index contributed by atoms with van der Waals surface area (Å²) in [5.74, 6) is 0.0781. The van der Waals surface area contributed by atoms with Crippen LogP contribution >= 0.6 is 23.2 Å². The zero-order chi connectivity index (χ0) is 12.6. The van der Waals surface area contributed by atoms with Crippen LogP contribution in [0.4, 0.5) is 0 Å². The van der Waals surface area contributed by atoms with Crippen molar-refractivity contribution in [3.8, 4) is 0 Å². The fourth-order valence-electron chi connectivity index (χ4n) is 1.82. The molecule has 0 amide bonds. The van der Waals surface area contributed by atoms with Crippen molar-refractivity contribution >= 4 is 39.9 Å². The van der Waals surface area contributed by atoms with E-state index in [9.17, 15) is 4.79 Å². The highest BCUT2D eigenvalue weighted by Crippen LogP contribution is 2.31. The molecule has 2 aromatic rings. The van der Waals surface area contributed by atoms with Crippen LogP contribution in [0.25, 0.3) is 10.9 Å². The fourth-order valence-corrected chi connectivity index (χ4v) is 2.18. The molecule has 17 heavy (non-hydrogen) atoms. The minimum absolute atomic E-state index is 0.0781. The molecule has 0 unspecified atom stereocenters. The fraction of sp³-hybridized carbons (Fsp3) is 0.231. The molecule has 1 aromatic heterocycles. The lowest BCUT2D eigenvalue weighted by Crippen LogP contribution is -2.00. The Morgan fingerprint density at radius 3 is 2.71 bits per heavy atom. The number of aromatic nitrogens is 1. The number of fused-ring (bicyclic) bond motifs is 1. The normalized spacial score (nSPS) is 10.8. The number of nitrogens with zero attached hydrogens (tertiary/aromatic N) is 1. The Labute approximate surface area is 110 Å². The minimum atomic E-state index is 0.0781. The van der Waals surface area contributed by atoms with Gasteiger partial charge in [-0.05, 0) is 31.5 Å². The predicted molar refractivity (Wildman–Crippen MR) is 70.9 cm³/mol. The Morgan fingerprint density at radius 2 is 2.06 bits per heavy atom. The van der Waals surface area contributed by atoms with Crippen LogP contribution in [0.5, 0.6) is 0 Å². The molecule has 0 fully saturated rings. The topological polar surface area (TPSA) is 30.0 Å². The van der Waals surface area contributed by atoms with Crippen LogP contribution in [0.2, 0.25) is 10.0 Å². The van der Waals surface area contributed by atoms with Gasteiger partial charge in [-0.2, -0.15) is 0 Å². The van der Waals surface area contributed by atoms with E-state index >= 15 is 0 Å². The lowest BCUT2D eigenvalue weighted by molar-refractivity contribution is -0.116. The SMILES string of the molecule is CC(=O)Cc1cc(C)c2ccc(Cl)c(Cl)c2n1. The standard InChI is InChI=1S/C13H11Cl2NO/c1-7-5-9(6-8(2)17)16-13-10(7)3-4-11(14)12(13)15/h3-5H,6H2,1-2H3. The first kappa shape index (κ1) is 12.3. The zero-order valence-corrected chi connectivity index (χ0v) is 11.1. The molecule has 0 bridgehead atoms. The summed E-state index contributed by atoms with van der Waals surface area (Å²) in [6, 6.07) is 5.56. The summed E-state index contributed by atoms with van der Waals surface area (Å²) in [5.41, 5.74) is 2.44. The first-order valence-electron chi connectivity index (χ1n) is 5.22. The van der Waals surface area contributed by atoms with E-state index in [-0.39, 0.29) is 5.78 Å². The molecular weight excluding hydrogens is 257 g/mol. The number of benzene rings is 1. The van der Waals surface area contributed by atoms with Gasteiger partial charge >= 0.3 is 0 Å². The summed E-state index contributed by atoms with van der Waals surface area (Å²) in [5, 5.41) is 1.88. The number of Topliss-reactive ketones (excluding diaryl/α,β-unsaturated/α-hetero) is 1. The maximum atomic E-state index is 11.1. The average molecular weight is 268 g/mol. The summed E-state index contributed by atoms with van der Waals surface area (Å²) in [4.78, 5) is 15.5. The van der Waals surface area contributed by atoms with Gasteiger partial charge in [-0.15, -0.1) is 0 Å². The van der Waals surface area contributed by atoms with Crippen LogP contribution in [-0.2, 0) is 11.2 Å². The van der Waals surface area contributed by atoms with Crippen molar-refractivity contribution in [1.82, 2.24) is 4.98 Å². The second-order valence-electron chi connectivity index (χ2n) is 4.07. The molecule has 0 radical (unpaired) electrons. The molecule has 0 saturated heterocycles. The molecule has 1 heterocycles. The van der Waals surface area contributed by atoms with Gasteiger partial charge < -0.3 is 0 Å². The summed E-state index contributed by atoms with van der Waals surface area (Å²) >= 11 is 12.1. The average Bonchev–Trinajstić information content (AvgIpc) is 2.23. The minimum Gasteiger partial charge on any atom is -0.300 e. The van der Waals surface area contributed by atoms with Crippen LogP contribution in [0.15, 0.2) is 18.2 Å². The van der Waals surface area contributed by atoms with Crippen molar-refractivity contribution in [2.75, 3.05) is 0 Å². The highest BCUT2D eigenvalue weighted by molar-refractivity contribution is 6.45. The van der Waals surface area contributed by atoms with Gasteiger partial charge in [0.1, 0.15) is 5.78 Å². The summed E-state index contributed by atoms with van der Waals surface area (Å²) < 4.78 is 0. The van der Waals surface area contributed by atoms with E-state index in [1.165, 1.54) is 0 Å². The van der Waals surface area contributed by atoms with Crippen molar-refractivity contribution in [3.63, 3.8) is 0 Å². The van der Waals surface area contributed by atoms with Crippen LogP contribution in [0.1, 0.15) is 18.2 Å². The van der Waals surface area contributed by atoms with Gasteiger partial charge in [0.15, 0.2) is 0 Å². The Morgan fingerprint density at radius 1 is 1.35 bits per heavy atom. The molecule has 2 nitrogen and oxygen atoms in total. The number of ketones is 1. The number of pyridine rings is 1. The Balaban J connectivity index is 2.70. The molecule has 88 valence electrons. The lowest BCUT2D eigenvalue weighted by Gasteiger charge is -2.07. The quantitative estimate of drug-likeness (QED) is 0.824. The van der Waals surface area contributed by atoms with E-state index in [1.807, 2.05) is 19.1 Å². The van der Waals surface area contributed by atoms with Crippen molar-refractivity contribution in [1.29, 1.82) is 0 Å². The number of halogens is 2. The molecule has 0 atom stereocenters. The van der Waals surface area contributed by atoms with Crippen molar-refractivity contribution in [2.24, 2.45) is 0 Å². The van der Waals surface area contributed by atoms with Gasteiger partial charge in [-0.3, -0.25) is 9.78 Å². The summed E-state index contributed by atoms with van der Waals surface area (Å²) in [6.45, 7) is 3.51. The zero-order valence-electron chi connectivity index (χ0n) is 9.55. The van der Waals surface area contributed by atoms with Gasteiger partial charge in [0.05, 0.1) is 15.6 Å². The van der Waals surface area contributed by atoms with Crippen molar-refractivity contribution < 1.29 is 4.79 Å². The molecule has 0 saturated carbocycles. The number of carbonyl (C=O) groups is 1. The van der Waals surface area contributed by atoms with Crippen LogP contribution in [0, 0.1) is 6.92 Å². The lowest BCUT2D eigenvalue weighted by atomic mass is 10.1. The Bertz CT molecular complexity index is 608. The number of hydrogen-bond acceptors (Lipinski definition) is 2. The van der Waals surface area contributed by atoms with Gasteiger partial charge in [-0.1, -0.05) is 29.3 Å². The summed E-state index contributed by atoms with van der Waals surface area (Å²) in [7, 11) is 0.